The van der Waals surface area contributed by atoms with Crippen LogP contribution in [0, 0.1) is 0 Å². The molecule has 0 amide bonds. The number of sulfonamides is 1. The molecule has 0 aliphatic heterocycles. The highest BCUT2D eigenvalue weighted by Gasteiger charge is 2.14. The molecule has 1 aromatic carbocycles. The summed E-state index contributed by atoms with van der Waals surface area (Å²) < 4.78 is 26.8. The first-order valence-corrected chi connectivity index (χ1v) is 7.99. The zero-order chi connectivity index (χ0) is 15.5. The van der Waals surface area contributed by atoms with Crippen LogP contribution in [0.5, 0.6) is 0 Å². The van der Waals surface area contributed by atoms with E-state index in [4.69, 9.17) is 11.6 Å². The van der Waals surface area contributed by atoms with Gasteiger partial charge in [0.15, 0.2) is 0 Å². The fourth-order valence-corrected chi connectivity index (χ4v) is 2.69. The van der Waals surface area contributed by atoms with Crippen molar-refractivity contribution in [1.29, 1.82) is 0 Å². The van der Waals surface area contributed by atoms with Crippen molar-refractivity contribution in [3.05, 3.63) is 47.2 Å². The number of hydrogen-bond acceptors (Lipinski definition) is 5. The Balaban J connectivity index is 2.11. The van der Waals surface area contributed by atoms with Crippen molar-refractivity contribution in [2.75, 3.05) is 19.0 Å². The molecule has 21 heavy (non-hydrogen) atoms. The van der Waals surface area contributed by atoms with E-state index in [1.54, 1.807) is 17.2 Å². The van der Waals surface area contributed by atoms with Crippen LogP contribution in [0.3, 0.4) is 0 Å². The summed E-state index contributed by atoms with van der Waals surface area (Å²) in [5.41, 5.74) is 0.589. The fraction of sp³-hybridized carbons (Fsp3) is 0.231. The average Bonchev–Trinajstić information content (AvgIpc) is 2.46. The fourth-order valence-electron chi connectivity index (χ4n) is 1.56. The monoisotopic (exact) mass is 326 g/mol. The summed E-state index contributed by atoms with van der Waals surface area (Å²) in [6.45, 7) is 0.0916. The average molecular weight is 327 g/mol. The Kier molecular flexibility index (Phi) is 4.76. The topological polar surface area (TPSA) is 75.2 Å². The second kappa shape index (κ2) is 6.38. The molecule has 0 saturated heterocycles. The van der Waals surface area contributed by atoms with Crippen molar-refractivity contribution in [3.8, 4) is 0 Å². The summed E-state index contributed by atoms with van der Waals surface area (Å²) in [5.74, 6) is 0.526. The van der Waals surface area contributed by atoms with Crippen LogP contribution in [0.1, 0.15) is 5.69 Å². The number of halogens is 1. The maximum absolute atomic E-state index is 12.1. The van der Waals surface area contributed by atoms with E-state index in [1.807, 2.05) is 14.1 Å². The normalized spacial score (nSPS) is 11.4. The van der Waals surface area contributed by atoms with E-state index in [2.05, 4.69) is 14.7 Å². The van der Waals surface area contributed by atoms with Crippen LogP contribution in [-0.4, -0.2) is 32.5 Å². The molecule has 1 N–H and O–H groups in total. The molecule has 0 fully saturated rings. The van der Waals surface area contributed by atoms with Crippen LogP contribution in [-0.2, 0) is 16.6 Å². The van der Waals surface area contributed by atoms with Gasteiger partial charge >= 0.3 is 0 Å². The van der Waals surface area contributed by atoms with Gasteiger partial charge in [-0.25, -0.2) is 23.1 Å². The molecule has 6 nitrogen and oxygen atoms in total. The molecular weight excluding hydrogens is 312 g/mol. The van der Waals surface area contributed by atoms with E-state index in [1.165, 1.54) is 24.3 Å². The van der Waals surface area contributed by atoms with E-state index in [-0.39, 0.29) is 11.4 Å². The van der Waals surface area contributed by atoms with Gasteiger partial charge in [-0.2, -0.15) is 0 Å². The van der Waals surface area contributed by atoms with E-state index >= 15 is 0 Å². The lowest BCUT2D eigenvalue weighted by atomic mass is 10.4. The molecule has 0 unspecified atom stereocenters. The lowest BCUT2D eigenvalue weighted by Gasteiger charge is -2.11. The molecule has 1 heterocycles. The number of aromatic nitrogens is 2. The first-order chi connectivity index (χ1) is 9.88. The number of hydrogen-bond donors (Lipinski definition) is 1. The van der Waals surface area contributed by atoms with Gasteiger partial charge in [0.2, 0.25) is 16.0 Å². The molecule has 1 aromatic heterocycles. The maximum atomic E-state index is 12.1. The first kappa shape index (κ1) is 15.7. The van der Waals surface area contributed by atoms with Gasteiger partial charge < -0.3 is 4.90 Å². The van der Waals surface area contributed by atoms with Crippen LogP contribution in [0.15, 0.2) is 41.4 Å². The Morgan fingerprint density at radius 2 is 1.86 bits per heavy atom. The van der Waals surface area contributed by atoms with Crippen LogP contribution in [0.2, 0.25) is 5.02 Å². The summed E-state index contributed by atoms with van der Waals surface area (Å²) >= 11 is 5.74. The Hall–Kier alpha value is -1.70. The third-order valence-electron chi connectivity index (χ3n) is 2.67. The zero-order valence-electron chi connectivity index (χ0n) is 11.6. The predicted octanol–water partition coefficient (Wildman–Crippen LogP) is 1.67. The highest BCUT2D eigenvalue weighted by Crippen LogP contribution is 2.14. The summed E-state index contributed by atoms with van der Waals surface area (Å²) in [5, 5.41) is 0.486. The molecule has 0 spiro atoms. The molecule has 0 atom stereocenters. The molecule has 112 valence electrons. The van der Waals surface area contributed by atoms with E-state index in [9.17, 15) is 8.42 Å². The number of anilines is 1. The predicted molar refractivity (Wildman–Crippen MR) is 81.8 cm³/mol. The molecule has 0 aliphatic rings. The van der Waals surface area contributed by atoms with Crippen molar-refractivity contribution in [3.63, 3.8) is 0 Å². The van der Waals surface area contributed by atoms with Crippen LogP contribution >= 0.6 is 11.6 Å². The highest BCUT2D eigenvalue weighted by atomic mass is 35.5. The Bertz CT molecular complexity index is 717. The second-order valence-electron chi connectivity index (χ2n) is 4.52. The summed E-state index contributed by atoms with van der Waals surface area (Å²) in [7, 11) is 0.0419. The van der Waals surface area contributed by atoms with Crippen LogP contribution < -0.4 is 9.62 Å². The Morgan fingerprint density at radius 1 is 1.19 bits per heavy atom. The first-order valence-electron chi connectivity index (χ1n) is 6.13. The number of benzene rings is 1. The van der Waals surface area contributed by atoms with Crippen LogP contribution in [0.4, 0.5) is 5.95 Å². The SMILES string of the molecule is CN(C)c1nccc(CNS(=O)(=O)c2ccc(Cl)cc2)n1. The minimum absolute atomic E-state index is 0.0916. The van der Waals surface area contributed by atoms with Gasteiger partial charge in [-0.1, -0.05) is 11.6 Å². The minimum Gasteiger partial charge on any atom is -0.347 e. The van der Waals surface area contributed by atoms with Gasteiger partial charge in [0.05, 0.1) is 17.1 Å². The van der Waals surface area contributed by atoms with Gasteiger partial charge in [-0.3, -0.25) is 0 Å². The lowest BCUT2D eigenvalue weighted by Crippen LogP contribution is -2.24. The maximum Gasteiger partial charge on any atom is 0.240 e. The summed E-state index contributed by atoms with van der Waals surface area (Å²) in [6, 6.07) is 7.64. The number of nitrogens with one attached hydrogen (secondary N) is 1. The molecule has 0 saturated carbocycles. The third kappa shape index (κ3) is 4.13. The van der Waals surface area contributed by atoms with E-state index in [0.29, 0.717) is 16.7 Å². The summed E-state index contributed by atoms with van der Waals surface area (Å²) in [4.78, 5) is 10.2. The van der Waals surface area contributed by atoms with Crippen molar-refractivity contribution < 1.29 is 8.42 Å². The van der Waals surface area contributed by atoms with Gasteiger partial charge in [-0.05, 0) is 30.3 Å². The van der Waals surface area contributed by atoms with Gasteiger partial charge in [-0.15, -0.1) is 0 Å². The lowest BCUT2D eigenvalue weighted by molar-refractivity contribution is 0.580. The smallest absolute Gasteiger partial charge is 0.240 e. The van der Waals surface area contributed by atoms with E-state index in [0.717, 1.165) is 0 Å². The quantitative estimate of drug-likeness (QED) is 0.904. The molecular formula is C13H15ClN4O2S. The Labute approximate surface area is 128 Å². The second-order valence-corrected chi connectivity index (χ2v) is 6.72. The molecule has 0 radical (unpaired) electrons. The van der Waals surface area contributed by atoms with Gasteiger partial charge in [0.25, 0.3) is 0 Å². The number of rotatable bonds is 5. The van der Waals surface area contributed by atoms with Crippen molar-refractivity contribution in [1.82, 2.24) is 14.7 Å². The molecule has 2 aromatic rings. The molecule has 2 rings (SSSR count). The van der Waals surface area contributed by atoms with Crippen molar-refractivity contribution >= 4 is 27.6 Å². The van der Waals surface area contributed by atoms with Gasteiger partial charge in [0, 0.05) is 25.3 Å². The van der Waals surface area contributed by atoms with Crippen molar-refractivity contribution in [2.45, 2.75) is 11.4 Å². The molecule has 0 bridgehead atoms. The van der Waals surface area contributed by atoms with Crippen LogP contribution in [0.25, 0.3) is 0 Å². The summed E-state index contributed by atoms with van der Waals surface area (Å²) in [6.07, 6.45) is 1.59. The standard InChI is InChI=1S/C13H15ClN4O2S/c1-18(2)13-15-8-7-11(17-13)9-16-21(19,20)12-5-3-10(14)4-6-12/h3-8,16H,9H2,1-2H3. The molecule has 8 heteroatoms. The Morgan fingerprint density at radius 3 is 2.48 bits per heavy atom. The third-order valence-corrected chi connectivity index (χ3v) is 4.34. The minimum atomic E-state index is -3.59. The number of nitrogens with zero attached hydrogens (tertiary/aromatic N) is 3. The van der Waals surface area contributed by atoms with E-state index < -0.39 is 10.0 Å². The largest absolute Gasteiger partial charge is 0.347 e. The van der Waals surface area contributed by atoms with Gasteiger partial charge in [0.1, 0.15) is 0 Å². The zero-order valence-corrected chi connectivity index (χ0v) is 13.2. The highest BCUT2D eigenvalue weighted by molar-refractivity contribution is 7.89. The van der Waals surface area contributed by atoms with Crippen molar-refractivity contribution in [2.24, 2.45) is 0 Å². The molecule has 0 aliphatic carbocycles.